The molecule has 7 heteroatoms. The van der Waals surface area contributed by atoms with Crippen molar-refractivity contribution >= 4 is 44.5 Å². The molecule has 122 valence electrons. The van der Waals surface area contributed by atoms with E-state index in [2.05, 4.69) is 15.9 Å². The van der Waals surface area contributed by atoms with Crippen LogP contribution in [-0.2, 0) is 4.79 Å². The Bertz CT molecular complexity index is 967. The monoisotopic (exact) mass is 408 g/mol. The Morgan fingerprint density at radius 3 is 2.71 bits per heavy atom. The summed E-state index contributed by atoms with van der Waals surface area (Å²) < 4.78 is 16.3. The van der Waals surface area contributed by atoms with Crippen molar-refractivity contribution in [2.75, 3.05) is 6.61 Å². The lowest BCUT2D eigenvalue weighted by Gasteiger charge is -2.08. The molecule has 1 heterocycles. The molecule has 0 spiro atoms. The first-order valence-corrected chi connectivity index (χ1v) is 8.01. The zero-order chi connectivity index (χ0) is 17.1. The lowest BCUT2D eigenvalue weighted by molar-refractivity contribution is -0.136. The van der Waals surface area contributed by atoms with Crippen LogP contribution < -0.4 is 15.1 Å². The molecule has 0 bridgehead atoms. The molecule has 0 radical (unpaired) electrons. The van der Waals surface area contributed by atoms with Crippen LogP contribution in [0.5, 0.6) is 11.5 Å². The van der Waals surface area contributed by atoms with Gasteiger partial charge in [-0.2, -0.15) is 0 Å². The molecule has 0 N–H and O–H groups in total. The molecule has 5 nitrogen and oxygen atoms in total. The van der Waals surface area contributed by atoms with Gasteiger partial charge in [0.25, 0.3) is 0 Å². The predicted octanol–water partition coefficient (Wildman–Crippen LogP) is 4.19. The standard InChI is InChI=1S/C17H10BrClO5/c18-11-3-5-14(13(19)7-11)22-9-17(21)23-12-4-1-10-2-6-16(20)24-15(10)8-12/h1-8H,9H2. The third-order valence-electron chi connectivity index (χ3n) is 3.07. The molecule has 3 aromatic rings. The second-order valence-corrected chi connectivity index (χ2v) is 6.11. The number of esters is 1. The number of carbonyl (C=O) groups excluding carboxylic acids is 1. The highest BCUT2D eigenvalue weighted by molar-refractivity contribution is 9.10. The topological polar surface area (TPSA) is 65.7 Å². The first kappa shape index (κ1) is 16.5. The van der Waals surface area contributed by atoms with E-state index in [1.807, 2.05) is 0 Å². The first-order chi connectivity index (χ1) is 11.5. The van der Waals surface area contributed by atoms with Crippen molar-refractivity contribution in [3.8, 4) is 11.5 Å². The second kappa shape index (κ2) is 7.07. The summed E-state index contributed by atoms with van der Waals surface area (Å²) in [6.07, 6.45) is 0. The zero-order valence-electron chi connectivity index (χ0n) is 12.1. The molecule has 0 amide bonds. The van der Waals surface area contributed by atoms with Crippen molar-refractivity contribution in [3.63, 3.8) is 0 Å². The van der Waals surface area contributed by atoms with Gasteiger partial charge in [-0.15, -0.1) is 0 Å². The Balaban J connectivity index is 1.67. The van der Waals surface area contributed by atoms with Crippen LogP contribution in [0.15, 0.2) is 62.2 Å². The minimum Gasteiger partial charge on any atom is -0.480 e. The Morgan fingerprint density at radius 1 is 1.12 bits per heavy atom. The van der Waals surface area contributed by atoms with E-state index >= 15 is 0 Å². The normalized spacial score (nSPS) is 10.6. The van der Waals surface area contributed by atoms with E-state index in [0.29, 0.717) is 16.4 Å². The van der Waals surface area contributed by atoms with Crippen molar-refractivity contribution in [1.29, 1.82) is 0 Å². The van der Waals surface area contributed by atoms with Crippen molar-refractivity contribution in [2.24, 2.45) is 0 Å². The van der Waals surface area contributed by atoms with Crippen LogP contribution in [0.25, 0.3) is 11.0 Å². The summed E-state index contributed by atoms with van der Waals surface area (Å²) in [6.45, 7) is -0.307. The van der Waals surface area contributed by atoms with Gasteiger partial charge in [0.1, 0.15) is 17.1 Å². The number of fused-ring (bicyclic) bond motifs is 1. The maximum atomic E-state index is 11.9. The quantitative estimate of drug-likeness (QED) is 0.367. The Kier molecular flexibility index (Phi) is 4.87. The minimum atomic E-state index is -0.605. The Labute approximate surface area is 149 Å². The maximum Gasteiger partial charge on any atom is 0.349 e. The summed E-state index contributed by atoms with van der Waals surface area (Å²) in [5.41, 5.74) is -0.135. The predicted molar refractivity (Wildman–Crippen MR) is 92.8 cm³/mol. The van der Waals surface area contributed by atoms with Crippen LogP contribution in [0.3, 0.4) is 0 Å². The number of rotatable bonds is 4. The van der Waals surface area contributed by atoms with Gasteiger partial charge in [-0.1, -0.05) is 27.5 Å². The van der Waals surface area contributed by atoms with E-state index in [1.165, 1.54) is 12.1 Å². The highest BCUT2D eigenvalue weighted by Gasteiger charge is 2.10. The van der Waals surface area contributed by atoms with Crippen LogP contribution >= 0.6 is 27.5 Å². The SMILES string of the molecule is O=C(COc1ccc(Br)cc1Cl)Oc1ccc2ccc(=O)oc2c1. The molecule has 0 atom stereocenters. The van der Waals surface area contributed by atoms with E-state index in [1.54, 1.807) is 36.4 Å². The lowest BCUT2D eigenvalue weighted by atomic mass is 10.2. The van der Waals surface area contributed by atoms with E-state index in [4.69, 9.17) is 25.5 Å². The fraction of sp³-hybridized carbons (Fsp3) is 0.0588. The van der Waals surface area contributed by atoms with Crippen LogP contribution in [0.1, 0.15) is 0 Å². The van der Waals surface area contributed by atoms with Gasteiger partial charge in [0.2, 0.25) is 0 Å². The fourth-order valence-corrected chi connectivity index (χ4v) is 2.72. The summed E-state index contributed by atoms with van der Waals surface area (Å²) in [5, 5.41) is 1.11. The highest BCUT2D eigenvalue weighted by Crippen LogP contribution is 2.27. The zero-order valence-corrected chi connectivity index (χ0v) is 14.5. The first-order valence-electron chi connectivity index (χ1n) is 6.84. The maximum absolute atomic E-state index is 11.9. The van der Waals surface area contributed by atoms with Gasteiger partial charge in [-0.25, -0.2) is 9.59 Å². The average Bonchev–Trinajstić information content (AvgIpc) is 2.53. The van der Waals surface area contributed by atoms with Crippen LogP contribution in [-0.4, -0.2) is 12.6 Å². The highest BCUT2D eigenvalue weighted by atomic mass is 79.9. The van der Waals surface area contributed by atoms with Gasteiger partial charge >= 0.3 is 11.6 Å². The molecule has 0 aliphatic heterocycles. The molecule has 0 saturated heterocycles. The van der Waals surface area contributed by atoms with Crippen LogP contribution in [0.4, 0.5) is 0 Å². The van der Waals surface area contributed by atoms with E-state index < -0.39 is 11.6 Å². The van der Waals surface area contributed by atoms with Gasteiger partial charge in [-0.3, -0.25) is 0 Å². The molecule has 0 aliphatic rings. The Hall–Kier alpha value is -2.31. The molecule has 0 saturated carbocycles. The molecule has 0 aliphatic carbocycles. The van der Waals surface area contributed by atoms with Gasteiger partial charge in [0.05, 0.1) is 5.02 Å². The van der Waals surface area contributed by atoms with E-state index in [0.717, 1.165) is 9.86 Å². The fourth-order valence-electron chi connectivity index (χ4n) is 1.99. The van der Waals surface area contributed by atoms with E-state index in [9.17, 15) is 9.59 Å². The number of hydrogen-bond donors (Lipinski definition) is 0. The molecule has 1 aromatic heterocycles. The van der Waals surface area contributed by atoms with Gasteiger partial charge in [0, 0.05) is 22.0 Å². The lowest BCUT2D eigenvalue weighted by Crippen LogP contribution is -2.17. The molecule has 24 heavy (non-hydrogen) atoms. The summed E-state index contributed by atoms with van der Waals surface area (Å²) in [4.78, 5) is 23.1. The van der Waals surface area contributed by atoms with Crippen molar-refractivity contribution < 1.29 is 18.7 Å². The second-order valence-electron chi connectivity index (χ2n) is 4.79. The largest absolute Gasteiger partial charge is 0.480 e. The third kappa shape index (κ3) is 3.96. The van der Waals surface area contributed by atoms with Crippen molar-refractivity contribution in [3.05, 3.63) is 68.4 Å². The molecule has 3 rings (SSSR count). The minimum absolute atomic E-state index is 0.257. The molecule has 0 fully saturated rings. The van der Waals surface area contributed by atoms with Crippen molar-refractivity contribution in [2.45, 2.75) is 0 Å². The Morgan fingerprint density at radius 2 is 1.92 bits per heavy atom. The van der Waals surface area contributed by atoms with Gasteiger partial charge in [0.15, 0.2) is 6.61 Å². The van der Waals surface area contributed by atoms with E-state index in [-0.39, 0.29) is 12.4 Å². The molecule has 0 unspecified atom stereocenters. The summed E-state index contributed by atoms with van der Waals surface area (Å²) >= 11 is 9.29. The van der Waals surface area contributed by atoms with Crippen molar-refractivity contribution in [1.82, 2.24) is 0 Å². The van der Waals surface area contributed by atoms with Crippen LogP contribution in [0.2, 0.25) is 5.02 Å². The molecular weight excluding hydrogens is 400 g/mol. The summed E-state index contributed by atoms with van der Waals surface area (Å²) in [6, 6.07) is 12.8. The smallest absolute Gasteiger partial charge is 0.349 e. The van der Waals surface area contributed by atoms with Gasteiger partial charge < -0.3 is 13.9 Å². The number of hydrogen-bond acceptors (Lipinski definition) is 5. The number of carbonyl (C=O) groups is 1. The number of ether oxygens (including phenoxy) is 2. The number of halogens is 2. The summed E-state index contributed by atoms with van der Waals surface area (Å²) in [7, 11) is 0. The average molecular weight is 410 g/mol. The third-order valence-corrected chi connectivity index (χ3v) is 3.85. The summed E-state index contributed by atoms with van der Waals surface area (Å²) in [5.74, 6) is 0.0280. The van der Waals surface area contributed by atoms with Gasteiger partial charge in [-0.05, 0) is 36.4 Å². The molecular formula is C17H10BrClO5. The van der Waals surface area contributed by atoms with Crippen LogP contribution in [0, 0.1) is 0 Å². The number of benzene rings is 2. The molecule has 2 aromatic carbocycles.